The smallest absolute Gasteiger partial charge is 0.261 e. The fourth-order valence-electron chi connectivity index (χ4n) is 2.07. The van der Waals surface area contributed by atoms with E-state index in [0.717, 1.165) is 16.7 Å². The van der Waals surface area contributed by atoms with E-state index in [1.54, 1.807) is 0 Å². The van der Waals surface area contributed by atoms with E-state index in [-0.39, 0.29) is 0 Å². The molecule has 1 aliphatic heterocycles. The van der Waals surface area contributed by atoms with Gasteiger partial charge in [-0.2, -0.15) is 0 Å². The van der Waals surface area contributed by atoms with E-state index >= 15 is 0 Å². The van der Waals surface area contributed by atoms with Gasteiger partial charge in [0.2, 0.25) is 6.10 Å². The van der Waals surface area contributed by atoms with Gasteiger partial charge in [-0.1, -0.05) is 41.6 Å². The molecular weight excluding hydrogens is 228 g/mol. The standard InChI is InChI=1S/C14H12N2O2/c15-14(17)13-8-12(16-18-13)11-6-5-9-3-1-2-4-10(9)7-11/h1-7,13H,8H2,(H2,15,17). The Morgan fingerprint density at radius 3 is 2.72 bits per heavy atom. The second kappa shape index (κ2) is 4.14. The molecule has 90 valence electrons. The number of carbonyl (C=O) groups is 1. The Kier molecular flexibility index (Phi) is 2.48. The first-order valence-electron chi connectivity index (χ1n) is 5.75. The van der Waals surface area contributed by atoms with Crippen LogP contribution in [0.15, 0.2) is 47.6 Å². The molecule has 1 amide bonds. The fourth-order valence-corrected chi connectivity index (χ4v) is 2.07. The van der Waals surface area contributed by atoms with Gasteiger partial charge in [0.1, 0.15) is 0 Å². The lowest BCUT2D eigenvalue weighted by atomic mass is 10.0. The number of hydrogen-bond donors (Lipinski definition) is 1. The van der Waals surface area contributed by atoms with Gasteiger partial charge in [-0.25, -0.2) is 0 Å². The number of hydrogen-bond acceptors (Lipinski definition) is 3. The Bertz CT molecular complexity index is 649. The molecule has 0 bridgehead atoms. The van der Waals surface area contributed by atoms with Crippen molar-refractivity contribution >= 4 is 22.4 Å². The third-order valence-corrected chi connectivity index (χ3v) is 3.07. The molecular formula is C14H12N2O2. The summed E-state index contributed by atoms with van der Waals surface area (Å²) in [6.45, 7) is 0. The van der Waals surface area contributed by atoms with Gasteiger partial charge in [0.05, 0.1) is 5.71 Å². The summed E-state index contributed by atoms with van der Waals surface area (Å²) in [5, 5.41) is 6.24. The van der Waals surface area contributed by atoms with Crippen molar-refractivity contribution in [3.05, 3.63) is 48.0 Å². The predicted octanol–water partition coefficient (Wildman–Crippen LogP) is 1.82. The van der Waals surface area contributed by atoms with E-state index in [2.05, 4.69) is 11.2 Å². The van der Waals surface area contributed by atoms with Crippen LogP contribution in [0, 0.1) is 0 Å². The Balaban J connectivity index is 1.94. The molecule has 0 fully saturated rings. The lowest BCUT2D eigenvalue weighted by molar-refractivity contribution is -0.127. The number of nitrogens with two attached hydrogens (primary N) is 1. The van der Waals surface area contributed by atoms with Crippen molar-refractivity contribution in [3.8, 4) is 0 Å². The molecule has 2 aromatic carbocycles. The highest BCUT2D eigenvalue weighted by atomic mass is 16.6. The van der Waals surface area contributed by atoms with Gasteiger partial charge >= 0.3 is 0 Å². The molecule has 0 saturated carbocycles. The molecule has 18 heavy (non-hydrogen) atoms. The summed E-state index contributed by atoms with van der Waals surface area (Å²) in [7, 11) is 0. The summed E-state index contributed by atoms with van der Waals surface area (Å²) >= 11 is 0. The normalized spacial score (nSPS) is 18.4. The Labute approximate surface area is 104 Å². The van der Waals surface area contributed by atoms with Crippen molar-refractivity contribution in [2.45, 2.75) is 12.5 Å². The molecule has 1 unspecified atom stereocenters. The quantitative estimate of drug-likeness (QED) is 0.870. The molecule has 4 heteroatoms. The SMILES string of the molecule is NC(=O)C1CC(c2ccc3ccccc3c2)=NO1. The van der Waals surface area contributed by atoms with Crippen molar-refractivity contribution < 1.29 is 9.63 Å². The summed E-state index contributed by atoms with van der Waals surface area (Å²) < 4.78 is 0. The van der Waals surface area contributed by atoms with Crippen LogP contribution in [0.25, 0.3) is 10.8 Å². The van der Waals surface area contributed by atoms with Crippen molar-refractivity contribution in [3.63, 3.8) is 0 Å². The Hall–Kier alpha value is -2.36. The van der Waals surface area contributed by atoms with E-state index in [9.17, 15) is 4.79 Å². The molecule has 0 radical (unpaired) electrons. The monoisotopic (exact) mass is 240 g/mol. The third kappa shape index (κ3) is 1.82. The molecule has 0 aromatic heterocycles. The van der Waals surface area contributed by atoms with Crippen LogP contribution in [0.5, 0.6) is 0 Å². The lowest BCUT2D eigenvalue weighted by Crippen LogP contribution is -2.28. The zero-order valence-corrected chi connectivity index (χ0v) is 9.67. The maximum Gasteiger partial charge on any atom is 0.261 e. The van der Waals surface area contributed by atoms with Crippen LogP contribution in [-0.2, 0) is 9.63 Å². The Morgan fingerprint density at radius 1 is 1.22 bits per heavy atom. The second-order valence-corrected chi connectivity index (χ2v) is 4.30. The number of rotatable bonds is 2. The molecule has 0 spiro atoms. The van der Waals surface area contributed by atoms with Crippen molar-refractivity contribution in [2.75, 3.05) is 0 Å². The summed E-state index contributed by atoms with van der Waals surface area (Å²) in [5.41, 5.74) is 6.93. The highest BCUT2D eigenvalue weighted by Gasteiger charge is 2.26. The Morgan fingerprint density at radius 2 is 2.00 bits per heavy atom. The van der Waals surface area contributed by atoms with Crippen LogP contribution in [0.3, 0.4) is 0 Å². The third-order valence-electron chi connectivity index (χ3n) is 3.07. The van der Waals surface area contributed by atoms with Gasteiger partial charge < -0.3 is 10.6 Å². The summed E-state index contributed by atoms with van der Waals surface area (Å²) in [4.78, 5) is 16.0. The minimum absolute atomic E-state index is 0.438. The van der Waals surface area contributed by atoms with Gasteiger partial charge in [-0.3, -0.25) is 4.79 Å². The second-order valence-electron chi connectivity index (χ2n) is 4.30. The number of carbonyl (C=O) groups excluding carboxylic acids is 1. The zero-order chi connectivity index (χ0) is 12.5. The van der Waals surface area contributed by atoms with Crippen molar-refractivity contribution in [1.82, 2.24) is 0 Å². The van der Waals surface area contributed by atoms with E-state index in [4.69, 9.17) is 10.6 Å². The van der Waals surface area contributed by atoms with Crippen LogP contribution >= 0.6 is 0 Å². The first-order valence-corrected chi connectivity index (χ1v) is 5.75. The first kappa shape index (κ1) is 10.8. The average Bonchev–Trinajstić information content (AvgIpc) is 2.88. The molecule has 0 aliphatic carbocycles. The number of primary amides is 1. The van der Waals surface area contributed by atoms with Crippen molar-refractivity contribution in [1.29, 1.82) is 0 Å². The molecule has 4 nitrogen and oxygen atoms in total. The van der Waals surface area contributed by atoms with Gasteiger partial charge in [0, 0.05) is 12.0 Å². The molecule has 1 atom stereocenters. The van der Waals surface area contributed by atoms with Gasteiger partial charge in [-0.15, -0.1) is 0 Å². The van der Waals surface area contributed by atoms with E-state index in [1.165, 1.54) is 5.39 Å². The van der Waals surface area contributed by atoms with Gasteiger partial charge in [0.15, 0.2) is 0 Å². The zero-order valence-electron chi connectivity index (χ0n) is 9.67. The summed E-state index contributed by atoms with van der Waals surface area (Å²) in [5.74, 6) is -0.477. The maximum atomic E-state index is 11.0. The molecule has 2 aromatic rings. The van der Waals surface area contributed by atoms with Crippen LogP contribution in [0.2, 0.25) is 0 Å². The van der Waals surface area contributed by atoms with E-state index in [1.807, 2.05) is 36.4 Å². The van der Waals surface area contributed by atoms with Crippen LogP contribution in [0.4, 0.5) is 0 Å². The number of nitrogens with zero attached hydrogens (tertiary/aromatic N) is 1. The average molecular weight is 240 g/mol. The van der Waals surface area contributed by atoms with Crippen LogP contribution in [0.1, 0.15) is 12.0 Å². The summed E-state index contributed by atoms with van der Waals surface area (Å²) in [6, 6.07) is 14.1. The van der Waals surface area contributed by atoms with Gasteiger partial charge in [-0.05, 0) is 16.8 Å². The number of amides is 1. The largest absolute Gasteiger partial charge is 0.382 e. The van der Waals surface area contributed by atoms with Crippen LogP contribution in [-0.4, -0.2) is 17.7 Å². The summed E-state index contributed by atoms with van der Waals surface area (Å²) in [6.07, 6.45) is -0.195. The van der Waals surface area contributed by atoms with E-state index in [0.29, 0.717) is 6.42 Å². The molecule has 1 heterocycles. The van der Waals surface area contributed by atoms with E-state index < -0.39 is 12.0 Å². The predicted molar refractivity (Wildman–Crippen MR) is 69.2 cm³/mol. The first-order chi connectivity index (χ1) is 8.74. The van der Waals surface area contributed by atoms with Gasteiger partial charge in [0.25, 0.3) is 5.91 Å². The molecule has 0 saturated heterocycles. The van der Waals surface area contributed by atoms with Crippen LogP contribution < -0.4 is 5.73 Å². The topological polar surface area (TPSA) is 64.7 Å². The molecule has 1 aliphatic rings. The highest BCUT2D eigenvalue weighted by Crippen LogP contribution is 2.21. The minimum Gasteiger partial charge on any atom is -0.382 e. The van der Waals surface area contributed by atoms with Crippen molar-refractivity contribution in [2.24, 2.45) is 10.9 Å². The lowest BCUT2D eigenvalue weighted by Gasteiger charge is -2.03. The highest BCUT2D eigenvalue weighted by molar-refractivity contribution is 6.06. The molecule has 3 rings (SSSR count). The fraction of sp³-hybridized carbons (Fsp3) is 0.143. The number of fused-ring (bicyclic) bond motifs is 1. The molecule has 2 N–H and O–H groups in total. The maximum absolute atomic E-state index is 11.0. The number of oxime groups is 1. The minimum atomic E-state index is -0.633. The number of benzene rings is 2.